The van der Waals surface area contributed by atoms with Gasteiger partial charge in [-0.25, -0.2) is 0 Å². The second-order valence-electron chi connectivity index (χ2n) is 4.08. The average molecular weight is 246 g/mol. The number of ether oxygens (including phenoxy) is 3. The Bertz CT molecular complexity index is 475. The quantitative estimate of drug-likeness (QED) is 0.764. The maximum Gasteiger partial charge on any atom is 0.130 e. The molecule has 0 aromatic heterocycles. The average Bonchev–Trinajstić information content (AvgIpc) is 2.80. The van der Waals surface area contributed by atoms with E-state index in [-0.39, 0.29) is 6.10 Å². The van der Waals surface area contributed by atoms with Gasteiger partial charge in [0.15, 0.2) is 0 Å². The molecule has 0 radical (unpaired) electrons. The molecule has 3 nitrogen and oxygen atoms in total. The van der Waals surface area contributed by atoms with Crippen LogP contribution in [0.5, 0.6) is 17.2 Å². The molecule has 3 heteroatoms. The zero-order valence-corrected chi connectivity index (χ0v) is 11.0. The van der Waals surface area contributed by atoms with E-state index in [4.69, 9.17) is 14.2 Å². The lowest BCUT2D eigenvalue weighted by molar-refractivity contribution is 0.282. The fourth-order valence-corrected chi connectivity index (χ4v) is 2.01. The van der Waals surface area contributed by atoms with Crippen molar-refractivity contribution in [3.05, 3.63) is 42.0 Å². The summed E-state index contributed by atoms with van der Waals surface area (Å²) >= 11 is 0. The third-order valence-electron chi connectivity index (χ3n) is 2.91. The van der Waals surface area contributed by atoms with E-state index >= 15 is 0 Å². The van der Waals surface area contributed by atoms with Crippen LogP contribution in [0.4, 0.5) is 0 Å². The van der Waals surface area contributed by atoms with Gasteiger partial charge in [0, 0.05) is 24.1 Å². The molecule has 0 fully saturated rings. The molecule has 1 aromatic carbocycles. The highest BCUT2D eigenvalue weighted by molar-refractivity contribution is 5.53. The largest absolute Gasteiger partial charge is 0.496 e. The van der Waals surface area contributed by atoms with Gasteiger partial charge in [0.1, 0.15) is 23.4 Å². The summed E-state index contributed by atoms with van der Waals surface area (Å²) in [4.78, 5) is 0. The van der Waals surface area contributed by atoms with E-state index in [1.54, 1.807) is 14.2 Å². The lowest BCUT2D eigenvalue weighted by Gasteiger charge is -2.08. The number of benzene rings is 1. The Labute approximate surface area is 108 Å². The van der Waals surface area contributed by atoms with Crippen LogP contribution in [0, 0.1) is 0 Å². The molecule has 1 unspecified atom stereocenters. The number of hydrogen-bond donors (Lipinski definition) is 0. The topological polar surface area (TPSA) is 27.7 Å². The SMILES string of the molecule is C/C=C/C=C/C1Cc2c(OC)cc(OC)cc2O1. The summed E-state index contributed by atoms with van der Waals surface area (Å²) in [5.41, 5.74) is 1.11. The zero-order valence-electron chi connectivity index (χ0n) is 11.0. The Morgan fingerprint density at radius 1 is 1.22 bits per heavy atom. The molecule has 1 atom stereocenters. The Balaban J connectivity index is 2.23. The Morgan fingerprint density at radius 2 is 2.06 bits per heavy atom. The molecule has 2 rings (SSSR count). The maximum atomic E-state index is 5.86. The van der Waals surface area contributed by atoms with Gasteiger partial charge in [-0.15, -0.1) is 0 Å². The molecule has 96 valence electrons. The summed E-state index contributed by atoms with van der Waals surface area (Å²) < 4.78 is 16.5. The monoisotopic (exact) mass is 246 g/mol. The molecule has 1 aliphatic heterocycles. The van der Waals surface area contributed by atoms with Gasteiger partial charge in [-0.3, -0.25) is 0 Å². The smallest absolute Gasteiger partial charge is 0.130 e. The van der Waals surface area contributed by atoms with Crippen LogP contribution in [0.1, 0.15) is 12.5 Å². The van der Waals surface area contributed by atoms with Gasteiger partial charge in [0.05, 0.1) is 14.2 Å². The first-order valence-corrected chi connectivity index (χ1v) is 5.99. The van der Waals surface area contributed by atoms with E-state index in [2.05, 4.69) is 0 Å². The van der Waals surface area contributed by atoms with Crippen LogP contribution < -0.4 is 14.2 Å². The van der Waals surface area contributed by atoms with Crippen molar-refractivity contribution in [1.82, 2.24) is 0 Å². The van der Waals surface area contributed by atoms with Crippen LogP contribution in [-0.4, -0.2) is 20.3 Å². The summed E-state index contributed by atoms with van der Waals surface area (Å²) in [5, 5.41) is 0. The first-order chi connectivity index (χ1) is 8.78. The molecular formula is C15H18O3. The molecule has 1 aliphatic rings. The second-order valence-corrected chi connectivity index (χ2v) is 4.08. The van der Waals surface area contributed by atoms with Crippen molar-refractivity contribution in [2.45, 2.75) is 19.4 Å². The predicted octanol–water partition coefficient (Wildman–Crippen LogP) is 3.14. The summed E-state index contributed by atoms with van der Waals surface area (Å²) in [7, 11) is 3.30. The third-order valence-corrected chi connectivity index (χ3v) is 2.91. The van der Waals surface area contributed by atoms with E-state index in [9.17, 15) is 0 Å². The number of methoxy groups -OCH3 is 2. The van der Waals surface area contributed by atoms with Crippen molar-refractivity contribution in [3.8, 4) is 17.2 Å². The lowest BCUT2D eigenvalue weighted by Crippen LogP contribution is -2.08. The highest BCUT2D eigenvalue weighted by Gasteiger charge is 2.25. The Morgan fingerprint density at radius 3 is 2.72 bits per heavy atom. The van der Waals surface area contributed by atoms with Crippen molar-refractivity contribution in [3.63, 3.8) is 0 Å². The number of fused-ring (bicyclic) bond motifs is 1. The van der Waals surface area contributed by atoms with Crippen LogP contribution >= 0.6 is 0 Å². The van der Waals surface area contributed by atoms with Gasteiger partial charge in [-0.05, 0) is 13.0 Å². The van der Waals surface area contributed by atoms with Gasteiger partial charge in [0.2, 0.25) is 0 Å². The minimum Gasteiger partial charge on any atom is -0.496 e. The summed E-state index contributed by atoms with van der Waals surface area (Å²) in [5.74, 6) is 2.43. The Hall–Kier alpha value is -1.90. The third kappa shape index (κ3) is 2.50. The minimum absolute atomic E-state index is 0.0669. The van der Waals surface area contributed by atoms with E-state index in [1.807, 2.05) is 43.4 Å². The van der Waals surface area contributed by atoms with Crippen molar-refractivity contribution in [1.29, 1.82) is 0 Å². The number of allylic oxidation sites excluding steroid dienone is 3. The second kappa shape index (κ2) is 5.63. The fourth-order valence-electron chi connectivity index (χ4n) is 2.01. The highest BCUT2D eigenvalue weighted by atomic mass is 16.5. The number of hydrogen-bond acceptors (Lipinski definition) is 3. The normalized spacial score (nSPS) is 18.1. The first kappa shape index (κ1) is 12.6. The van der Waals surface area contributed by atoms with Gasteiger partial charge in [-0.2, -0.15) is 0 Å². The van der Waals surface area contributed by atoms with E-state index in [0.717, 1.165) is 29.2 Å². The molecule has 0 saturated heterocycles. The van der Waals surface area contributed by atoms with Crippen molar-refractivity contribution >= 4 is 0 Å². The van der Waals surface area contributed by atoms with E-state index < -0.39 is 0 Å². The van der Waals surface area contributed by atoms with Crippen LogP contribution in [-0.2, 0) is 6.42 Å². The van der Waals surface area contributed by atoms with Gasteiger partial charge >= 0.3 is 0 Å². The van der Waals surface area contributed by atoms with E-state index in [1.165, 1.54) is 0 Å². The maximum absolute atomic E-state index is 5.86. The molecular weight excluding hydrogens is 228 g/mol. The molecule has 1 heterocycles. The van der Waals surface area contributed by atoms with Crippen molar-refractivity contribution < 1.29 is 14.2 Å². The van der Waals surface area contributed by atoms with Gasteiger partial charge < -0.3 is 14.2 Å². The molecule has 0 amide bonds. The fraction of sp³-hybridized carbons (Fsp3) is 0.333. The van der Waals surface area contributed by atoms with Crippen LogP contribution in [0.3, 0.4) is 0 Å². The standard InChI is InChI=1S/C15H18O3/c1-4-5-6-7-11-8-13-14(17-3)9-12(16-2)10-15(13)18-11/h4-7,9-11H,8H2,1-3H3/b5-4+,7-6+. The van der Waals surface area contributed by atoms with Gasteiger partial charge in [-0.1, -0.05) is 18.2 Å². The van der Waals surface area contributed by atoms with Crippen LogP contribution in [0.2, 0.25) is 0 Å². The highest BCUT2D eigenvalue weighted by Crippen LogP contribution is 2.39. The zero-order chi connectivity index (χ0) is 13.0. The molecule has 18 heavy (non-hydrogen) atoms. The molecule has 0 saturated carbocycles. The molecule has 0 spiro atoms. The molecule has 0 N–H and O–H groups in total. The predicted molar refractivity (Wildman–Crippen MR) is 71.6 cm³/mol. The number of rotatable bonds is 4. The van der Waals surface area contributed by atoms with Crippen molar-refractivity contribution in [2.75, 3.05) is 14.2 Å². The first-order valence-electron chi connectivity index (χ1n) is 5.99. The molecule has 0 bridgehead atoms. The van der Waals surface area contributed by atoms with Crippen LogP contribution in [0.25, 0.3) is 0 Å². The Kier molecular flexibility index (Phi) is 3.92. The summed E-state index contributed by atoms with van der Waals surface area (Å²) in [6.07, 6.45) is 8.92. The molecule has 0 aliphatic carbocycles. The van der Waals surface area contributed by atoms with E-state index in [0.29, 0.717) is 0 Å². The summed E-state index contributed by atoms with van der Waals surface area (Å²) in [6, 6.07) is 3.79. The molecule has 1 aromatic rings. The van der Waals surface area contributed by atoms with Crippen LogP contribution in [0.15, 0.2) is 36.4 Å². The summed E-state index contributed by atoms with van der Waals surface area (Å²) in [6.45, 7) is 1.99. The van der Waals surface area contributed by atoms with Gasteiger partial charge in [0.25, 0.3) is 0 Å². The minimum atomic E-state index is 0.0669. The lowest BCUT2D eigenvalue weighted by atomic mass is 10.1. The van der Waals surface area contributed by atoms with Crippen molar-refractivity contribution in [2.24, 2.45) is 0 Å².